The normalized spacial score (nSPS) is 17.4. The Hall–Kier alpha value is -2.56. The zero-order valence-electron chi connectivity index (χ0n) is 11.8. The van der Waals surface area contributed by atoms with Crippen molar-refractivity contribution in [2.24, 2.45) is 5.73 Å². The number of primary amides is 1. The number of hydrogen-bond acceptors (Lipinski definition) is 2. The van der Waals surface area contributed by atoms with Crippen molar-refractivity contribution in [3.8, 4) is 0 Å². The molecule has 1 atom stereocenters. The molecule has 0 spiro atoms. The number of benzene rings is 1. The van der Waals surface area contributed by atoms with Gasteiger partial charge in [0.1, 0.15) is 0 Å². The molecule has 5 nitrogen and oxygen atoms in total. The molecule has 5 heteroatoms. The van der Waals surface area contributed by atoms with E-state index in [0.717, 1.165) is 12.2 Å². The van der Waals surface area contributed by atoms with E-state index in [1.54, 1.807) is 24.3 Å². The summed E-state index contributed by atoms with van der Waals surface area (Å²) >= 11 is 0. The van der Waals surface area contributed by atoms with Crippen molar-refractivity contribution in [1.29, 1.82) is 0 Å². The Kier molecular flexibility index (Phi) is 3.25. The molecule has 1 aromatic carbocycles. The van der Waals surface area contributed by atoms with Gasteiger partial charge in [-0.15, -0.1) is 0 Å². The maximum absolute atomic E-state index is 12.6. The number of carbonyl (C=O) groups excluding carboxylic acids is 2. The van der Waals surface area contributed by atoms with Crippen LogP contribution in [0.15, 0.2) is 42.6 Å². The first-order valence-corrected chi connectivity index (χ1v) is 6.94. The van der Waals surface area contributed by atoms with Crippen molar-refractivity contribution < 1.29 is 9.59 Å². The predicted octanol–water partition coefficient (Wildman–Crippen LogP) is 1.80. The molecular formula is C16H17N3O2. The molecule has 2 heterocycles. The second kappa shape index (κ2) is 5.09. The second-order valence-electron chi connectivity index (χ2n) is 5.24. The molecule has 2 N–H and O–H groups in total. The van der Waals surface area contributed by atoms with Gasteiger partial charge in [0.05, 0.1) is 6.04 Å². The summed E-state index contributed by atoms with van der Waals surface area (Å²) in [6.45, 7) is 3.51. The molecule has 1 aromatic heterocycles. The van der Waals surface area contributed by atoms with Crippen LogP contribution < -0.4 is 5.73 Å². The van der Waals surface area contributed by atoms with Crippen LogP contribution >= 0.6 is 0 Å². The smallest absolute Gasteiger partial charge is 0.254 e. The van der Waals surface area contributed by atoms with Gasteiger partial charge in [0, 0.05) is 36.1 Å². The van der Waals surface area contributed by atoms with Crippen LogP contribution in [0, 0.1) is 0 Å². The Labute approximate surface area is 123 Å². The fourth-order valence-electron chi connectivity index (χ4n) is 2.80. The zero-order valence-corrected chi connectivity index (χ0v) is 11.8. The van der Waals surface area contributed by atoms with Crippen molar-refractivity contribution >= 4 is 11.8 Å². The molecule has 2 aromatic rings. The van der Waals surface area contributed by atoms with Crippen molar-refractivity contribution in [1.82, 2.24) is 9.47 Å². The quantitative estimate of drug-likeness (QED) is 0.913. The van der Waals surface area contributed by atoms with Gasteiger partial charge < -0.3 is 15.2 Å². The molecule has 0 aliphatic carbocycles. The number of nitrogens with two attached hydrogens (primary N) is 1. The third-order valence-electron chi connectivity index (χ3n) is 4.02. The third kappa shape index (κ3) is 2.31. The van der Waals surface area contributed by atoms with E-state index in [1.165, 1.54) is 0 Å². The van der Waals surface area contributed by atoms with E-state index in [2.05, 4.69) is 4.57 Å². The van der Waals surface area contributed by atoms with Crippen LogP contribution in [0.4, 0.5) is 0 Å². The largest absolute Gasteiger partial charge is 0.366 e. The summed E-state index contributed by atoms with van der Waals surface area (Å²) in [6, 6.07) is 10.6. The average molecular weight is 283 g/mol. The third-order valence-corrected chi connectivity index (χ3v) is 4.02. The lowest BCUT2D eigenvalue weighted by Crippen LogP contribution is -2.40. The molecule has 0 unspecified atom stereocenters. The standard InChI is InChI=1S/C16H17N3O2/c1-11-14-3-2-8-18(14)9-10-19(11)16(21)13-6-4-12(5-7-13)15(17)20/h2-8,11H,9-10H2,1H3,(H2,17,20)/t11-/m1/s1. The Morgan fingerprint density at radius 3 is 2.43 bits per heavy atom. The Morgan fingerprint density at radius 1 is 1.10 bits per heavy atom. The summed E-state index contributed by atoms with van der Waals surface area (Å²) in [4.78, 5) is 25.5. The van der Waals surface area contributed by atoms with E-state index >= 15 is 0 Å². The summed E-state index contributed by atoms with van der Waals surface area (Å²) in [6.07, 6.45) is 2.04. The lowest BCUT2D eigenvalue weighted by atomic mass is 10.1. The Balaban J connectivity index is 1.84. The number of rotatable bonds is 2. The molecule has 0 saturated carbocycles. The average Bonchev–Trinajstić information content (AvgIpc) is 2.96. The van der Waals surface area contributed by atoms with Crippen LogP contribution in [0.1, 0.15) is 39.4 Å². The highest BCUT2D eigenvalue weighted by Crippen LogP contribution is 2.26. The number of amides is 2. The topological polar surface area (TPSA) is 68.3 Å². The summed E-state index contributed by atoms with van der Waals surface area (Å²) in [5, 5.41) is 0. The van der Waals surface area contributed by atoms with Gasteiger partial charge in [0.25, 0.3) is 5.91 Å². The van der Waals surface area contributed by atoms with Crippen LogP contribution in [0.2, 0.25) is 0 Å². The van der Waals surface area contributed by atoms with Crippen LogP contribution in [0.5, 0.6) is 0 Å². The van der Waals surface area contributed by atoms with Gasteiger partial charge in [-0.2, -0.15) is 0 Å². The SMILES string of the molecule is C[C@@H]1c2cccn2CCN1C(=O)c1ccc(C(N)=O)cc1. The highest BCUT2D eigenvalue weighted by Gasteiger charge is 2.27. The van der Waals surface area contributed by atoms with Gasteiger partial charge in [-0.05, 0) is 43.3 Å². The van der Waals surface area contributed by atoms with Crippen LogP contribution in [-0.2, 0) is 6.54 Å². The molecule has 1 aliphatic rings. The van der Waals surface area contributed by atoms with E-state index in [1.807, 2.05) is 30.2 Å². The number of hydrogen-bond donors (Lipinski definition) is 1. The van der Waals surface area contributed by atoms with E-state index in [0.29, 0.717) is 17.7 Å². The minimum Gasteiger partial charge on any atom is -0.366 e. The molecule has 2 amide bonds. The van der Waals surface area contributed by atoms with E-state index < -0.39 is 5.91 Å². The van der Waals surface area contributed by atoms with Crippen molar-refractivity contribution in [3.63, 3.8) is 0 Å². The maximum Gasteiger partial charge on any atom is 0.254 e. The van der Waals surface area contributed by atoms with Gasteiger partial charge in [-0.3, -0.25) is 9.59 Å². The van der Waals surface area contributed by atoms with Gasteiger partial charge in [-0.25, -0.2) is 0 Å². The molecular weight excluding hydrogens is 266 g/mol. The molecule has 21 heavy (non-hydrogen) atoms. The molecule has 3 rings (SSSR count). The van der Waals surface area contributed by atoms with Gasteiger partial charge in [0.15, 0.2) is 0 Å². The molecule has 0 fully saturated rings. The fourth-order valence-corrected chi connectivity index (χ4v) is 2.80. The van der Waals surface area contributed by atoms with E-state index in [9.17, 15) is 9.59 Å². The van der Waals surface area contributed by atoms with Gasteiger partial charge in [-0.1, -0.05) is 0 Å². The summed E-state index contributed by atoms with van der Waals surface area (Å²) < 4.78 is 2.17. The number of aromatic nitrogens is 1. The van der Waals surface area contributed by atoms with E-state index in [4.69, 9.17) is 5.73 Å². The number of nitrogens with zero attached hydrogens (tertiary/aromatic N) is 2. The second-order valence-corrected chi connectivity index (χ2v) is 5.24. The molecule has 1 aliphatic heterocycles. The predicted molar refractivity (Wildman–Crippen MR) is 78.8 cm³/mol. The van der Waals surface area contributed by atoms with Crippen molar-refractivity contribution in [2.45, 2.75) is 19.5 Å². The van der Waals surface area contributed by atoms with Crippen LogP contribution in [0.25, 0.3) is 0 Å². The molecule has 108 valence electrons. The van der Waals surface area contributed by atoms with Crippen LogP contribution in [0.3, 0.4) is 0 Å². The first-order valence-electron chi connectivity index (χ1n) is 6.94. The lowest BCUT2D eigenvalue weighted by Gasteiger charge is -2.35. The Bertz CT molecular complexity index is 688. The summed E-state index contributed by atoms with van der Waals surface area (Å²) in [7, 11) is 0. The minimum atomic E-state index is -0.488. The lowest BCUT2D eigenvalue weighted by molar-refractivity contribution is 0.0643. The van der Waals surface area contributed by atoms with E-state index in [-0.39, 0.29) is 11.9 Å². The highest BCUT2D eigenvalue weighted by molar-refractivity contribution is 5.97. The molecule has 0 saturated heterocycles. The van der Waals surface area contributed by atoms with Gasteiger partial charge in [0.2, 0.25) is 5.91 Å². The molecule has 0 radical (unpaired) electrons. The number of fused-ring (bicyclic) bond motifs is 1. The maximum atomic E-state index is 12.6. The van der Waals surface area contributed by atoms with Gasteiger partial charge >= 0.3 is 0 Å². The first-order chi connectivity index (χ1) is 10.1. The number of carbonyl (C=O) groups is 2. The monoisotopic (exact) mass is 283 g/mol. The molecule has 0 bridgehead atoms. The first kappa shape index (κ1) is 13.4. The van der Waals surface area contributed by atoms with Crippen LogP contribution in [-0.4, -0.2) is 27.8 Å². The Morgan fingerprint density at radius 2 is 1.76 bits per heavy atom. The van der Waals surface area contributed by atoms with Crippen molar-refractivity contribution in [2.75, 3.05) is 6.54 Å². The minimum absolute atomic E-state index is 0.0222. The zero-order chi connectivity index (χ0) is 15.0. The summed E-state index contributed by atoms with van der Waals surface area (Å²) in [5.74, 6) is -0.510. The summed E-state index contributed by atoms with van der Waals surface area (Å²) in [5.41, 5.74) is 7.34. The van der Waals surface area contributed by atoms with Crippen molar-refractivity contribution in [3.05, 3.63) is 59.4 Å². The highest BCUT2D eigenvalue weighted by atomic mass is 16.2. The fraction of sp³-hybridized carbons (Fsp3) is 0.250.